The molecule has 0 saturated heterocycles. The molecule has 0 N–H and O–H groups in total. The smallest absolute Gasteiger partial charge is 0.195 e. The average molecular weight is 217 g/mol. The molecular weight excluding hydrogens is 206 g/mol. The fourth-order valence-electron chi connectivity index (χ4n) is 2.02. The van der Waals surface area contributed by atoms with Crippen molar-refractivity contribution in [3.8, 4) is 5.69 Å². The molecule has 1 aromatic heterocycles. The van der Waals surface area contributed by atoms with Crippen LogP contribution in [0.25, 0.3) is 5.69 Å². The molecule has 0 bridgehead atoms. The molecule has 76 valence electrons. The zero-order valence-corrected chi connectivity index (χ0v) is 9.29. The van der Waals surface area contributed by atoms with Crippen LogP contribution in [0, 0.1) is 0 Å². The second-order valence-electron chi connectivity index (χ2n) is 3.57. The molecule has 4 heteroatoms. The first-order valence-corrected chi connectivity index (χ1v) is 6.19. The fraction of sp³-hybridized carbons (Fsp3) is 0.273. The summed E-state index contributed by atoms with van der Waals surface area (Å²) in [5.74, 6) is 1.08. The van der Waals surface area contributed by atoms with Crippen molar-refractivity contribution in [3.63, 3.8) is 0 Å². The third-order valence-electron chi connectivity index (χ3n) is 2.73. The van der Waals surface area contributed by atoms with Crippen LogP contribution < -0.4 is 0 Å². The Morgan fingerprint density at radius 3 is 2.93 bits per heavy atom. The molecule has 2 aromatic rings. The summed E-state index contributed by atoms with van der Waals surface area (Å²) in [4.78, 5) is 0. The number of aromatic nitrogens is 3. The average Bonchev–Trinajstić information content (AvgIpc) is 2.72. The predicted molar refractivity (Wildman–Crippen MR) is 60.5 cm³/mol. The van der Waals surface area contributed by atoms with Crippen LogP contribution in [0.5, 0.6) is 0 Å². The lowest BCUT2D eigenvalue weighted by Crippen LogP contribution is -2.12. The molecule has 1 aliphatic heterocycles. The summed E-state index contributed by atoms with van der Waals surface area (Å²) in [5.41, 5.74) is 2.63. The Balaban J connectivity index is 2.27. The first kappa shape index (κ1) is 8.97. The Bertz CT molecular complexity index is 491. The van der Waals surface area contributed by atoms with E-state index in [9.17, 15) is 0 Å². The third-order valence-corrected chi connectivity index (χ3v) is 3.36. The largest absolute Gasteiger partial charge is 0.274 e. The van der Waals surface area contributed by atoms with Crippen LogP contribution in [0.15, 0.2) is 29.4 Å². The quantitative estimate of drug-likeness (QED) is 0.685. The number of para-hydroxylation sites is 1. The van der Waals surface area contributed by atoms with Crippen LogP contribution in [0.2, 0.25) is 0 Å². The van der Waals surface area contributed by atoms with E-state index in [0.29, 0.717) is 0 Å². The van der Waals surface area contributed by atoms with Crippen molar-refractivity contribution in [1.82, 2.24) is 14.8 Å². The summed E-state index contributed by atoms with van der Waals surface area (Å²) >= 11 is 1.64. The predicted octanol–water partition coefficient (Wildman–Crippen LogP) is 2.09. The minimum Gasteiger partial charge on any atom is -0.274 e. The molecule has 15 heavy (non-hydrogen) atoms. The molecule has 0 atom stereocenters. The second kappa shape index (κ2) is 3.38. The standard InChI is InChI=1S/C11H11N3S/c1-15-11-13-12-10-7-6-8-4-2-3-5-9(8)14(10)11/h2-5H,6-7H2,1H3. The molecule has 3 rings (SSSR count). The molecule has 3 nitrogen and oxygen atoms in total. The van der Waals surface area contributed by atoms with Crippen LogP contribution in [0.3, 0.4) is 0 Å². The van der Waals surface area contributed by atoms with E-state index < -0.39 is 0 Å². The first-order valence-electron chi connectivity index (χ1n) is 4.96. The van der Waals surface area contributed by atoms with E-state index in [1.165, 1.54) is 11.3 Å². The Hall–Kier alpha value is -1.29. The maximum atomic E-state index is 4.22. The molecule has 0 unspecified atom stereocenters. The summed E-state index contributed by atoms with van der Waals surface area (Å²) in [7, 11) is 0. The van der Waals surface area contributed by atoms with Crippen molar-refractivity contribution >= 4 is 11.8 Å². The van der Waals surface area contributed by atoms with Gasteiger partial charge in [0, 0.05) is 6.42 Å². The molecule has 0 radical (unpaired) electrons. The van der Waals surface area contributed by atoms with E-state index in [0.717, 1.165) is 23.8 Å². The van der Waals surface area contributed by atoms with E-state index in [1.54, 1.807) is 11.8 Å². The van der Waals surface area contributed by atoms with Gasteiger partial charge >= 0.3 is 0 Å². The van der Waals surface area contributed by atoms with Gasteiger partial charge in [0.05, 0.1) is 5.69 Å². The highest BCUT2D eigenvalue weighted by Crippen LogP contribution is 2.27. The van der Waals surface area contributed by atoms with Gasteiger partial charge in [0.2, 0.25) is 0 Å². The zero-order valence-electron chi connectivity index (χ0n) is 8.47. The minimum atomic E-state index is 0.983. The molecule has 2 heterocycles. The lowest BCUT2D eigenvalue weighted by Gasteiger charge is -2.18. The Kier molecular flexibility index (Phi) is 2.02. The number of hydrogen-bond acceptors (Lipinski definition) is 3. The SMILES string of the molecule is CSc1nnc2n1-c1ccccc1CC2. The van der Waals surface area contributed by atoms with Crippen LogP contribution in [-0.2, 0) is 12.8 Å². The van der Waals surface area contributed by atoms with E-state index in [2.05, 4.69) is 39.0 Å². The van der Waals surface area contributed by atoms with Crippen molar-refractivity contribution in [3.05, 3.63) is 35.7 Å². The van der Waals surface area contributed by atoms with Crippen molar-refractivity contribution in [2.75, 3.05) is 6.26 Å². The maximum Gasteiger partial charge on any atom is 0.195 e. The van der Waals surface area contributed by atoms with Crippen LogP contribution in [0.1, 0.15) is 11.4 Å². The molecule has 0 aliphatic carbocycles. The van der Waals surface area contributed by atoms with Gasteiger partial charge in [0.1, 0.15) is 5.82 Å². The summed E-state index contributed by atoms with van der Waals surface area (Å²) < 4.78 is 2.17. The highest BCUT2D eigenvalue weighted by Gasteiger charge is 2.19. The minimum absolute atomic E-state index is 0.983. The lowest BCUT2D eigenvalue weighted by atomic mass is 10.0. The van der Waals surface area contributed by atoms with Gasteiger partial charge in [-0.15, -0.1) is 10.2 Å². The second-order valence-corrected chi connectivity index (χ2v) is 4.34. The number of rotatable bonds is 1. The Labute approximate surface area is 92.5 Å². The van der Waals surface area contributed by atoms with Crippen molar-refractivity contribution < 1.29 is 0 Å². The molecule has 1 aliphatic rings. The monoisotopic (exact) mass is 217 g/mol. The van der Waals surface area contributed by atoms with Gasteiger partial charge in [-0.3, -0.25) is 4.57 Å². The highest BCUT2D eigenvalue weighted by molar-refractivity contribution is 7.98. The van der Waals surface area contributed by atoms with Gasteiger partial charge in [-0.1, -0.05) is 30.0 Å². The van der Waals surface area contributed by atoms with Crippen LogP contribution >= 0.6 is 11.8 Å². The maximum absolute atomic E-state index is 4.22. The molecule has 0 saturated carbocycles. The number of fused-ring (bicyclic) bond motifs is 3. The van der Waals surface area contributed by atoms with Gasteiger partial charge < -0.3 is 0 Å². The lowest BCUT2D eigenvalue weighted by molar-refractivity contribution is 0.748. The van der Waals surface area contributed by atoms with E-state index in [4.69, 9.17) is 0 Å². The fourth-order valence-corrected chi connectivity index (χ4v) is 2.53. The number of aryl methyl sites for hydroxylation is 2. The normalized spacial score (nSPS) is 13.4. The zero-order chi connectivity index (χ0) is 10.3. The Morgan fingerprint density at radius 2 is 2.07 bits per heavy atom. The van der Waals surface area contributed by atoms with Crippen LogP contribution in [0.4, 0.5) is 0 Å². The van der Waals surface area contributed by atoms with E-state index in [1.807, 2.05) is 6.26 Å². The Morgan fingerprint density at radius 1 is 1.20 bits per heavy atom. The van der Waals surface area contributed by atoms with E-state index in [-0.39, 0.29) is 0 Å². The van der Waals surface area contributed by atoms with Gasteiger partial charge in [0.15, 0.2) is 5.16 Å². The summed E-state index contributed by atoms with van der Waals surface area (Å²) in [5, 5.41) is 9.39. The van der Waals surface area contributed by atoms with Crippen molar-refractivity contribution in [2.45, 2.75) is 18.0 Å². The number of nitrogens with zero attached hydrogens (tertiary/aromatic N) is 3. The van der Waals surface area contributed by atoms with Gasteiger partial charge in [-0.05, 0) is 24.3 Å². The highest BCUT2D eigenvalue weighted by atomic mass is 32.2. The number of benzene rings is 1. The summed E-state index contributed by atoms with van der Waals surface area (Å²) in [6.07, 6.45) is 4.10. The summed E-state index contributed by atoms with van der Waals surface area (Å²) in [6.45, 7) is 0. The topological polar surface area (TPSA) is 30.7 Å². The molecule has 1 aromatic carbocycles. The summed E-state index contributed by atoms with van der Waals surface area (Å²) in [6, 6.07) is 8.48. The van der Waals surface area contributed by atoms with Gasteiger partial charge in [0.25, 0.3) is 0 Å². The molecule has 0 fully saturated rings. The molecular formula is C11H11N3S. The van der Waals surface area contributed by atoms with Gasteiger partial charge in [-0.2, -0.15) is 0 Å². The number of hydrogen-bond donors (Lipinski definition) is 0. The third kappa shape index (κ3) is 1.28. The number of thioether (sulfide) groups is 1. The van der Waals surface area contributed by atoms with Crippen LogP contribution in [-0.4, -0.2) is 21.0 Å². The molecule has 0 amide bonds. The first-order chi connectivity index (χ1) is 7.40. The van der Waals surface area contributed by atoms with E-state index >= 15 is 0 Å². The van der Waals surface area contributed by atoms with Gasteiger partial charge in [-0.25, -0.2) is 0 Å². The van der Waals surface area contributed by atoms with Crippen molar-refractivity contribution in [2.24, 2.45) is 0 Å². The van der Waals surface area contributed by atoms with Crippen molar-refractivity contribution in [1.29, 1.82) is 0 Å². The molecule has 0 spiro atoms.